The van der Waals surface area contributed by atoms with Crippen LogP contribution in [0.3, 0.4) is 0 Å². The smallest absolute Gasteiger partial charge is 0.323 e. The molecule has 0 radical (unpaired) electrons. The minimum Gasteiger partial charge on any atom is -0.323 e. The van der Waals surface area contributed by atoms with Crippen molar-refractivity contribution in [1.29, 1.82) is 0 Å². The van der Waals surface area contributed by atoms with Crippen molar-refractivity contribution < 1.29 is 0 Å². The molecule has 2 unspecified atom stereocenters. The number of nitrogens with one attached hydrogen (secondary N) is 1. The van der Waals surface area contributed by atoms with Crippen LogP contribution in [0.2, 0.25) is 0 Å². The van der Waals surface area contributed by atoms with Gasteiger partial charge in [-0.05, 0) is 5.56 Å². The second-order valence-electron chi connectivity index (χ2n) is 4.13. The van der Waals surface area contributed by atoms with Crippen LogP contribution in [0.4, 0.5) is 0 Å². The number of benzene rings is 1. The van der Waals surface area contributed by atoms with Gasteiger partial charge in [-0.3, -0.25) is 4.57 Å². The molecule has 0 aliphatic rings. The second-order valence-corrected chi connectivity index (χ2v) is 5.47. The molecule has 0 spiro atoms. The summed E-state index contributed by atoms with van der Waals surface area (Å²) in [5, 5.41) is 7.16. The molecule has 5 nitrogen and oxygen atoms in total. The maximum absolute atomic E-state index is 11.3. The lowest BCUT2D eigenvalue weighted by atomic mass is 10.1. The second kappa shape index (κ2) is 5.41. The number of aromatic amines is 1. The van der Waals surface area contributed by atoms with Gasteiger partial charge in [0, 0.05) is 18.3 Å². The summed E-state index contributed by atoms with van der Waals surface area (Å²) in [6, 6.07) is 9.82. The first-order valence-electron chi connectivity index (χ1n) is 5.68. The molecule has 2 atom stereocenters. The molecule has 0 aliphatic heterocycles. The van der Waals surface area contributed by atoms with E-state index in [0.29, 0.717) is 5.16 Å². The predicted molar refractivity (Wildman–Crippen MR) is 72.5 cm³/mol. The van der Waals surface area contributed by atoms with Crippen LogP contribution in [0.15, 0.2) is 40.3 Å². The number of aromatic nitrogens is 3. The molecule has 96 valence electrons. The van der Waals surface area contributed by atoms with E-state index >= 15 is 0 Å². The quantitative estimate of drug-likeness (QED) is 0.816. The molecule has 18 heavy (non-hydrogen) atoms. The van der Waals surface area contributed by atoms with E-state index in [9.17, 15) is 4.79 Å². The van der Waals surface area contributed by atoms with Gasteiger partial charge in [0.05, 0.1) is 0 Å². The fourth-order valence-corrected chi connectivity index (χ4v) is 2.60. The third-order valence-electron chi connectivity index (χ3n) is 2.82. The Kier molecular flexibility index (Phi) is 3.88. The first-order valence-corrected chi connectivity index (χ1v) is 6.56. The number of thioether (sulfide) groups is 1. The van der Waals surface area contributed by atoms with E-state index in [4.69, 9.17) is 5.73 Å². The van der Waals surface area contributed by atoms with Gasteiger partial charge in [-0.2, -0.15) is 0 Å². The fraction of sp³-hybridized carbons (Fsp3) is 0.333. The number of nitrogens with zero attached hydrogens (tertiary/aromatic N) is 2. The van der Waals surface area contributed by atoms with Crippen molar-refractivity contribution in [2.24, 2.45) is 12.8 Å². The number of hydrogen-bond donors (Lipinski definition) is 2. The van der Waals surface area contributed by atoms with Gasteiger partial charge in [0.25, 0.3) is 0 Å². The van der Waals surface area contributed by atoms with Crippen molar-refractivity contribution in [1.82, 2.24) is 14.8 Å². The van der Waals surface area contributed by atoms with Crippen LogP contribution in [-0.2, 0) is 7.05 Å². The van der Waals surface area contributed by atoms with Crippen LogP contribution in [0, 0.1) is 0 Å². The molecular formula is C12H16N4OS. The van der Waals surface area contributed by atoms with Crippen molar-refractivity contribution in [3.63, 3.8) is 0 Å². The van der Waals surface area contributed by atoms with Gasteiger partial charge in [-0.15, -0.1) is 5.10 Å². The van der Waals surface area contributed by atoms with Crippen molar-refractivity contribution >= 4 is 11.8 Å². The Morgan fingerprint density at radius 2 is 2.06 bits per heavy atom. The Labute approximate surface area is 109 Å². The van der Waals surface area contributed by atoms with Gasteiger partial charge in [0.1, 0.15) is 0 Å². The average molecular weight is 264 g/mol. The van der Waals surface area contributed by atoms with Crippen LogP contribution in [0.1, 0.15) is 18.5 Å². The van der Waals surface area contributed by atoms with E-state index in [1.807, 2.05) is 37.3 Å². The third-order valence-corrected chi connectivity index (χ3v) is 4.06. The molecule has 0 fully saturated rings. The van der Waals surface area contributed by atoms with Gasteiger partial charge in [0.2, 0.25) is 0 Å². The van der Waals surface area contributed by atoms with Crippen LogP contribution >= 0.6 is 11.8 Å². The summed E-state index contributed by atoms with van der Waals surface area (Å²) < 4.78 is 1.48. The molecule has 1 aromatic heterocycles. The summed E-state index contributed by atoms with van der Waals surface area (Å²) in [5.74, 6) is 0. The third kappa shape index (κ3) is 2.65. The van der Waals surface area contributed by atoms with Crippen molar-refractivity contribution in [2.45, 2.75) is 23.4 Å². The normalized spacial score (nSPS) is 14.4. The molecule has 1 aromatic carbocycles. The highest BCUT2D eigenvalue weighted by molar-refractivity contribution is 7.99. The summed E-state index contributed by atoms with van der Waals surface area (Å²) in [5.41, 5.74) is 7.07. The first-order chi connectivity index (χ1) is 8.59. The highest BCUT2D eigenvalue weighted by atomic mass is 32.2. The van der Waals surface area contributed by atoms with Gasteiger partial charge < -0.3 is 5.73 Å². The molecule has 2 aromatic rings. The SMILES string of the molecule is CC(Sc1n[nH]c(=O)n1C)C(N)c1ccccc1. The fourth-order valence-electron chi connectivity index (χ4n) is 1.62. The van der Waals surface area contributed by atoms with Gasteiger partial charge >= 0.3 is 5.69 Å². The van der Waals surface area contributed by atoms with Crippen molar-refractivity contribution in [3.05, 3.63) is 46.4 Å². The highest BCUT2D eigenvalue weighted by Gasteiger charge is 2.18. The Balaban J connectivity index is 2.11. The van der Waals surface area contributed by atoms with Gasteiger partial charge in [0.15, 0.2) is 5.16 Å². The number of rotatable bonds is 4. The largest absolute Gasteiger partial charge is 0.343 e. The Bertz CT molecular complexity index is 563. The molecular weight excluding hydrogens is 248 g/mol. The molecule has 0 saturated heterocycles. The molecule has 0 amide bonds. The molecule has 1 heterocycles. The van der Waals surface area contributed by atoms with Crippen molar-refractivity contribution in [3.8, 4) is 0 Å². The lowest BCUT2D eigenvalue weighted by Gasteiger charge is -2.18. The number of hydrogen-bond acceptors (Lipinski definition) is 4. The topological polar surface area (TPSA) is 76.7 Å². The van der Waals surface area contributed by atoms with E-state index in [-0.39, 0.29) is 17.0 Å². The van der Waals surface area contributed by atoms with E-state index < -0.39 is 0 Å². The molecule has 0 bridgehead atoms. The van der Waals surface area contributed by atoms with Crippen LogP contribution in [0.25, 0.3) is 0 Å². The number of nitrogens with two attached hydrogens (primary N) is 1. The lowest BCUT2D eigenvalue weighted by molar-refractivity contribution is 0.702. The predicted octanol–water partition coefficient (Wildman–Crippen LogP) is 1.29. The zero-order chi connectivity index (χ0) is 13.1. The van der Waals surface area contributed by atoms with Crippen molar-refractivity contribution in [2.75, 3.05) is 0 Å². The zero-order valence-corrected chi connectivity index (χ0v) is 11.1. The highest BCUT2D eigenvalue weighted by Crippen LogP contribution is 2.28. The molecule has 0 saturated carbocycles. The number of H-pyrrole nitrogens is 1. The Hall–Kier alpha value is -1.53. The Morgan fingerprint density at radius 3 is 2.61 bits per heavy atom. The zero-order valence-electron chi connectivity index (χ0n) is 10.3. The minimum absolute atomic E-state index is 0.0944. The summed E-state index contributed by atoms with van der Waals surface area (Å²) >= 11 is 1.49. The van der Waals surface area contributed by atoms with Gasteiger partial charge in [-0.25, -0.2) is 9.89 Å². The Morgan fingerprint density at radius 1 is 1.39 bits per heavy atom. The monoisotopic (exact) mass is 264 g/mol. The van der Waals surface area contributed by atoms with E-state index in [2.05, 4.69) is 10.2 Å². The molecule has 0 aliphatic carbocycles. The average Bonchev–Trinajstić information content (AvgIpc) is 2.71. The maximum atomic E-state index is 11.3. The maximum Gasteiger partial charge on any atom is 0.343 e. The lowest BCUT2D eigenvalue weighted by Crippen LogP contribution is -2.22. The van der Waals surface area contributed by atoms with E-state index in [0.717, 1.165) is 5.56 Å². The van der Waals surface area contributed by atoms with Crippen LogP contribution in [0.5, 0.6) is 0 Å². The van der Waals surface area contributed by atoms with Crippen LogP contribution < -0.4 is 11.4 Å². The first kappa shape index (κ1) is 12.9. The van der Waals surface area contributed by atoms with Crippen LogP contribution in [-0.4, -0.2) is 20.0 Å². The van der Waals surface area contributed by atoms with E-state index in [1.165, 1.54) is 16.3 Å². The molecule has 6 heteroatoms. The van der Waals surface area contributed by atoms with E-state index in [1.54, 1.807) is 7.05 Å². The summed E-state index contributed by atoms with van der Waals surface area (Å²) in [7, 11) is 1.69. The minimum atomic E-state index is -0.210. The molecule has 3 N–H and O–H groups in total. The molecule has 2 rings (SSSR count). The standard InChI is InChI=1S/C12H16N4OS/c1-8(10(13)9-6-4-3-5-7-9)18-12-15-14-11(17)16(12)2/h3-8,10H,13H2,1-2H3,(H,14,17). The van der Waals surface area contributed by atoms with Gasteiger partial charge in [-0.1, -0.05) is 49.0 Å². The summed E-state index contributed by atoms with van der Waals surface area (Å²) in [4.78, 5) is 11.3. The summed E-state index contributed by atoms with van der Waals surface area (Å²) in [6.07, 6.45) is 0. The summed E-state index contributed by atoms with van der Waals surface area (Å²) in [6.45, 7) is 2.03.